The fourth-order valence-electron chi connectivity index (χ4n) is 3.90. The second kappa shape index (κ2) is 8.70. The molecule has 1 amide bonds. The predicted molar refractivity (Wildman–Crippen MR) is 128 cm³/mol. The number of hydrogen-bond acceptors (Lipinski definition) is 5. The molecule has 0 radical (unpaired) electrons. The van der Waals surface area contributed by atoms with Gasteiger partial charge in [-0.15, -0.1) is 11.3 Å². The lowest BCUT2D eigenvalue weighted by atomic mass is 10.1. The van der Waals surface area contributed by atoms with Gasteiger partial charge in [-0.25, -0.2) is 9.67 Å². The number of fused-ring (bicyclic) bond motifs is 1. The first-order valence-electron chi connectivity index (χ1n) is 10.7. The number of carbonyl (C=O) groups excluding carboxylic acids is 1. The molecule has 4 rings (SSSR count). The number of carbonyl (C=O) groups is 1. The normalized spacial score (nSPS) is 11.3. The number of aromatic nitrogens is 4. The first-order valence-corrected chi connectivity index (χ1v) is 11.6. The Morgan fingerprint density at radius 3 is 2.66 bits per heavy atom. The van der Waals surface area contributed by atoms with Crippen LogP contribution in [-0.2, 0) is 11.2 Å². The fourth-order valence-corrected chi connectivity index (χ4v) is 4.82. The van der Waals surface area contributed by atoms with E-state index >= 15 is 0 Å². The van der Waals surface area contributed by atoms with Crippen LogP contribution in [-0.4, -0.2) is 31.6 Å². The molecular weight excluding hydrogens is 422 g/mol. The number of amides is 1. The van der Waals surface area contributed by atoms with Gasteiger partial charge < -0.3 is 5.32 Å². The van der Waals surface area contributed by atoms with Crippen molar-refractivity contribution >= 4 is 22.2 Å². The van der Waals surface area contributed by atoms with E-state index in [-0.39, 0.29) is 17.9 Å². The van der Waals surface area contributed by atoms with E-state index in [1.54, 1.807) is 4.40 Å². The van der Waals surface area contributed by atoms with Gasteiger partial charge in [0.1, 0.15) is 5.69 Å². The summed E-state index contributed by atoms with van der Waals surface area (Å²) in [5.41, 5.74) is 6.33. The maximum Gasteiger partial charge on any atom is 0.268 e. The van der Waals surface area contributed by atoms with Crippen molar-refractivity contribution in [3.8, 4) is 16.9 Å². The molecule has 0 atom stereocenters. The minimum atomic E-state index is -0.197. The average Bonchev–Trinajstić information content (AvgIpc) is 3.30. The number of hydrogen-bond donors (Lipinski definition) is 1. The molecule has 0 fully saturated rings. The summed E-state index contributed by atoms with van der Waals surface area (Å²) in [6, 6.07) is 8.13. The Bertz CT molecular complexity index is 1380. The van der Waals surface area contributed by atoms with Gasteiger partial charge in [0.15, 0.2) is 4.96 Å². The van der Waals surface area contributed by atoms with E-state index in [9.17, 15) is 9.59 Å². The third-order valence-electron chi connectivity index (χ3n) is 5.46. The van der Waals surface area contributed by atoms with Crippen LogP contribution in [0.15, 0.2) is 34.4 Å². The molecule has 0 spiro atoms. The maximum absolute atomic E-state index is 13.5. The summed E-state index contributed by atoms with van der Waals surface area (Å²) in [4.78, 5) is 31.0. The van der Waals surface area contributed by atoms with Gasteiger partial charge >= 0.3 is 0 Å². The Kier molecular flexibility index (Phi) is 5.97. The molecule has 32 heavy (non-hydrogen) atoms. The summed E-state index contributed by atoms with van der Waals surface area (Å²) in [6.45, 7) is 10.5. The van der Waals surface area contributed by atoms with E-state index in [4.69, 9.17) is 5.10 Å². The molecule has 1 aromatic carbocycles. The minimum absolute atomic E-state index is 0.101. The third kappa shape index (κ3) is 3.98. The van der Waals surface area contributed by atoms with Crippen LogP contribution >= 0.6 is 11.3 Å². The maximum atomic E-state index is 13.5. The minimum Gasteiger partial charge on any atom is -0.356 e. The Morgan fingerprint density at radius 1 is 1.16 bits per heavy atom. The highest BCUT2D eigenvalue weighted by Gasteiger charge is 2.20. The molecule has 8 heteroatoms. The quantitative estimate of drug-likeness (QED) is 0.484. The molecule has 0 aliphatic heterocycles. The number of thiazole rings is 1. The van der Waals surface area contributed by atoms with Gasteiger partial charge in [-0.3, -0.25) is 14.0 Å². The second-order valence-electron chi connectivity index (χ2n) is 8.12. The summed E-state index contributed by atoms with van der Waals surface area (Å²) in [7, 11) is 0. The smallest absolute Gasteiger partial charge is 0.268 e. The predicted octanol–water partition coefficient (Wildman–Crippen LogP) is 3.91. The van der Waals surface area contributed by atoms with Crippen LogP contribution in [0.2, 0.25) is 0 Å². The molecule has 0 aliphatic carbocycles. The van der Waals surface area contributed by atoms with E-state index in [1.807, 2.05) is 43.0 Å². The van der Waals surface area contributed by atoms with Crippen LogP contribution in [0.5, 0.6) is 0 Å². The lowest BCUT2D eigenvalue weighted by molar-refractivity contribution is -0.120. The van der Waals surface area contributed by atoms with Crippen LogP contribution in [0, 0.1) is 27.7 Å². The first kappa shape index (κ1) is 22.0. The van der Waals surface area contributed by atoms with Crippen molar-refractivity contribution in [1.82, 2.24) is 24.5 Å². The average molecular weight is 450 g/mol. The van der Waals surface area contributed by atoms with Gasteiger partial charge in [-0.05, 0) is 51.8 Å². The van der Waals surface area contributed by atoms with Crippen LogP contribution < -0.4 is 10.9 Å². The lowest BCUT2D eigenvalue weighted by Crippen LogP contribution is -2.28. The fraction of sp³-hybridized carbons (Fsp3) is 0.333. The monoisotopic (exact) mass is 449 g/mol. The van der Waals surface area contributed by atoms with Crippen LogP contribution in [0.25, 0.3) is 21.9 Å². The standard InChI is InChI=1S/C24H27N5O2S/c1-6-9-25-21(30)12-18-13-32-24-26-17(5)22(23(31)28(18)24)19-11-16(4)29(27-19)20-8-7-14(2)10-15(20)3/h7-8,10-11,13H,6,9,12H2,1-5H3,(H,25,30). The largest absolute Gasteiger partial charge is 0.356 e. The van der Waals surface area contributed by atoms with Gasteiger partial charge in [0.25, 0.3) is 5.56 Å². The topological polar surface area (TPSA) is 81.3 Å². The highest BCUT2D eigenvalue weighted by molar-refractivity contribution is 7.15. The molecule has 3 aromatic heterocycles. The summed E-state index contributed by atoms with van der Waals surface area (Å²) in [5, 5.41) is 9.47. The Hall–Kier alpha value is -3.26. The molecule has 0 saturated heterocycles. The van der Waals surface area contributed by atoms with E-state index in [0.717, 1.165) is 23.4 Å². The van der Waals surface area contributed by atoms with Crippen molar-refractivity contribution in [3.05, 3.63) is 68.2 Å². The zero-order chi connectivity index (χ0) is 23.0. The van der Waals surface area contributed by atoms with Gasteiger partial charge in [0.2, 0.25) is 5.91 Å². The van der Waals surface area contributed by atoms with E-state index in [0.29, 0.717) is 34.2 Å². The van der Waals surface area contributed by atoms with Crippen molar-refractivity contribution in [3.63, 3.8) is 0 Å². The number of aryl methyl sites for hydroxylation is 4. The van der Waals surface area contributed by atoms with Gasteiger partial charge in [0, 0.05) is 23.3 Å². The van der Waals surface area contributed by atoms with Gasteiger partial charge in [0.05, 0.1) is 23.4 Å². The zero-order valence-corrected chi connectivity index (χ0v) is 19.8. The Labute approximate surface area is 190 Å². The zero-order valence-electron chi connectivity index (χ0n) is 19.0. The molecule has 0 unspecified atom stereocenters. The lowest BCUT2D eigenvalue weighted by Gasteiger charge is -2.09. The Balaban J connectivity index is 1.81. The van der Waals surface area contributed by atoms with E-state index < -0.39 is 0 Å². The molecule has 0 saturated carbocycles. The summed E-state index contributed by atoms with van der Waals surface area (Å²) in [6.07, 6.45) is 1.00. The van der Waals surface area contributed by atoms with Crippen molar-refractivity contribution < 1.29 is 4.79 Å². The van der Waals surface area contributed by atoms with E-state index in [1.165, 1.54) is 16.9 Å². The van der Waals surface area contributed by atoms with Crippen LogP contribution in [0.3, 0.4) is 0 Å². The Morgan fingerprint density at radius 2 is 1.94 bits per heavy atom. The summed E-state index contributed by atoms with van der Waals surface area (Å²) >= 11 is 1.37. The SMILES string of the molecule is CCCNC(=O)Cc1csc2nc(C)c(-c3cc(C)n(-c4ccc(C)cc4C)n3)c(=O)n12. The molecule has 166 valence electrons. The number of nitrogens with zero attached hydrogens (tertiary/aromatic N) is 4. The molecular formula is C24H27N5O2S. The van der Waals surface area contributed by atoms with Gasteiger partial charge in [-0.1, -0.05) is 24.6 Å². The summed E-state index contributed by atoms with van der Waals surface area (Å²) < 4.78 is 3.41. The molecule has 0 aliphatic rings. The second-order valence-corrected chi connectivity index (χ2v) is 8.96. The number of benzene rings is 1. The summed E-state index contributed by atoms with van der Waals surface area (Å²) in [5.74, 6) is -0.101. The molecule has 3 heterocycles. The molecule has 0 bridgehead atoms. The first-order chi connectivity index (χ1) is 15.3. The van der Waals surface area contributed by atoms with Crippen LogP contribution in [0.4, 0.5) is 0 Å². The van der Waals surface area contributed by atoms with Gasteiger partial charge in [-0.2, -0.15) is 5.10 Å². The highest BCUT2D eigenvalue weighted by Crippen LogP contribution is 2.25. The molecule has 1 N–H and O–H groups in total. The van der Waals surface area contributed by atoms with Crippen molar-refractivity contribution in [2.45, 2.75) is 47.5 Å². The van der Waals surface area contributed by atoms with Crippen molar-refractivity contribution in [1.29, 1.82) is 0 Å². The van der Waals surface area contributed by atoms with Crippen molar-refractivity contribution in [2.24, 2.45) is 0 Å². The third-order valence-corrected chi connectivity index (χ3v) is 6.33. The number of nitrogens with one attached hydrogen (secondary N) is 1. The van der Waals surface area contributed by atoms with Crippen LogP contribution in [0.1, 0.15) is 41.6 Å². The molecule has 7 nitrogen and oxygen atoms in total. The van der Waals surface area contributed by atoms with Crippen molar-refractivity contribution in [2.75, 3.05) is 6.54 Å². The highest BCUT2D eigenvalue weighted by atomic mass is 32.1. The van der Waals surface area contributed by atoms with E-state index in [2.05, 4.69) is 36.3 Å². The molecule has 4 aromatic rings. The number of rotatable bonds is 6.